The van der Waals surface area contributed by atoms with Gasteiger partial charge in [0.15, 0.2) is 0 Å². The normalized spacial score (nSPS) is 15.8. The second kappa shape index (κ2) is 6.92. The van der Waals surface area contributed by atoms with E-state index in [1.54, 1.807) is 20.3 Å². The Hall–Kier alpha value is -3.48. The highest BCUT2D eigenvalue weighted by molar-refractivity contribution is 6.00. The fraction of sp³-hybridized carbons (Fsp3) is 0.238. The number of aromatic nitrogens is 2. The smallest absolute Gasteiger partial charge is 0.337 e. The number of esters is 1. The molecule has 1 unspecified atom stereocenters. The van der Waals surface area contributed by atoms with Crippen LogP contribution in [-0.4, -0.2) is 36.8 Å². The zero-order chi connectivity index (χ0) is 19.8. The van der Waals surface area contributed by atoms with Gasteiger partial charge in [0.05, 0.1) is 44.0 Å². The lowest BCUT2D eigenvalue weighted by molar-refractivity contribution is -0.136. The summed E-state index contributed by atoms with van der Waals surface area (Å²) in [4.78, 5) is 17.4. The van der Waals surface area contributed by atoms with Gasteiger partial charge in [-0.25, -0.2) is 9.78 Å². The molecule has 4 rings (SSSR count). The minimum atomic E-state index is -0.474. The molecule has 3 aromatic rings. The summed E-state index contributed by atoms with van der Waals surface area (Å²) in [5, 5.41) is 3.38. The maximum atomic E-state index is 12.7. The van der Waals surface area contributed by atoms with Crippen LogP contribution >= 0.6 is 0 Å². The fourth-order valence-electron chi connectivity index (χ4n) is 3.66. The summed E-state index contributed by atoms with van der Waals surface area (Å²) >= 11 is 0. The Morgan fingerprint density at radius 3 is 2.61 bits per heavy atom. The average molecular weight is 379 g/mol. The van der Waals surface area contributed by atoms with E-state index in [0.717, 1.165) is 22.3 Å². The predicted octanol–water partition coefficient (Wildman–Crippen LogP) is 3.62. The van der Waals surface area contributed by atoms with Gasteiger partial charge in [0.2, 0.25) is 5.95 Å². The fourth-order valence-corrected chi connectivity index (χ4v) is 3.66. The van der Waals surface area contributed by atoms with Crippen LogP contribution in [0.2, 0.25) is 0 Å². The third-order valence-corrected chi connectivity index (χ3v) is 5.01. The van der Waals surface area contributed by atoms with Crippen molar-refractivity contribution in [2.75, 3.05) is 26.6 Å². The molecule has 1 aromatic heterocycles. The minimum absolute atomic E-state index is 0.406. The van der Waals surface area contributed by atoms with Crippen molar-refractivity contribution < 1.29 is 19.0 Å². The number of para-hydroxylation sites is 2. The Labute approximate surface area is 162 Å². The summed E-state index contributed by atoms with van der Waals surface area (Å²) in [7, 11) is 4.57. The van der Waals surface area contributed by atoms with E-state index in [1.165, 1.54) is 7.11 Å². The van der Waals surface area contributed by atoms with E-state index in [4.69, 9.17) is 14.2 Å². The van der Waals surface area contributed by atoms with Crippen molar-refractivity contribution in [2.45, 2.75) is 13.0 Å². The van der Waals surface area contributed by atoms with E-state index >= 15 is 0 Å². The molecular weight excluding hydrogens is 358 g/mol. The summed E-state index contributed by atoms with van der Waals surface area (Å²) in [6, 6.07) is 12.8. The SMILES string of the molecule is COC(=O)C1=C(C)n2c(nc3ccccc32)NC1c1ccc(OC)cc1OC. The molecule has 0 radical (unpaired) electrons. The number of ether oxygens (including phenoxy) is 3. The quantitative estimate of drug-likeness (QED) is 0.698. The first-order valence-electron chi connectivity index (χ1n) is 8.84. The molecule has 1 aliphatic heterocycles. The molecular formula is C21H21N3O4. The molecule has 0 bridgehead atoms. The third-order valence-electron chi connectivity index (χ3n) is 5.01. The van der Waals surface area contributed by atoms with Gasteiger partial charge in [0.25, 0.3) is 0 Å². The van der Waals surface area contributed by atoms with Gasteiger partial charge in [-0.05, 0) is 31.2 Å². The van der Waals surface area contributed by atoms with Gasteiger partial charge in [-0.2, -0.15) is 0 Å². The Bertz CT molecular complexity index is 1100. The average Bonchev–Trinajstić information content (AvgIpc) is 3.11. The predicted molar refractivity (Wildman–Crippen MR) is 107 cm³/mol. The second-order valence-electron chi connectivity index (χ2n) is 6.44. The van der Waals surface area contributed by atoms with Crippen molar-refractivity contribution in [3.8, 4) is 11.5 Å². The molecule has 2 aromatic carbocycles. The molecule has 0 aliphatic carbocycles. The van der Waals surface area contributed by atoms with E-state index in [9.17, 15) is 4.79 Å². The Morgan fingerprint density at radius 1 is 1.11 bits per heavy atom. The van der Waals surface area contributed by atoms with E-state index in [1.807, 2.05) is 47.9 Å². The third kappa shape index (κ3) is 2.67. The summed E-state index contributed by atoms with van der Waals surface area (Å²) in [5.41, 5.74) is 3.82. The number of methoxy groups -OCH3 is 3. The molecule has 7 nitrogen and oxygen atoms in total. The largest absolute Gasteiger partial charge is 0.497 e. The Balaban J connectivity index is 1.94. The van der Waals surface area contributed by atoms with Gasteiger partial charge in [-0.3, -0.25) is 4.57 Å². The summed E-state index contributed by atoms with van der Waals surface area (Å²) in [6.07, 6.45) is 0. The topological polar surface area (TPSA) is 74.6 Å². The highest BCUT2D eigenvalue weighted by Gasteiger charge is 2.34. The number of benzene rings is 2. The number of fused-ring (bicyclic) bond motifs is 3. The van der Waals surface area contributed by atoms with Crippen LogP contribution in [0.15, 0.2) is 48.0 Å². The van der Waals surface area contributed by atoms with E-state index in [2.05, 4.69) is 10.3 Å². The number of allylic oxidation sites excluding steroid dienone is 1. The number of nitrogens with zero attached hydrogens (tertiary/aromatic N) is 2. The van der Waals surface area contributed by atoms with Crippen molar-refractivity contribution in [2.24, 2.45) is 0 Å². The van der Waals surface area contributed by atoms with Crippen LogP contribution in [0, 0.1) is 0 Å². The molecule has 7 heteroatoms. The molecule has 0 saturated heterocycles. The highest BCUT2D eigenvalue weighted by Crippen LogP contribution is 2.42. The maximum Gasteiger partial charge on any atom is 0.337 e. The molecule has 28 heavy (non-hydrogen) atoms. The first-order valence-corrected chi connectivity index (χ1v) is 8.84. The molecule has 1 N–H and O–H groups in total. The molecule has 0 spiro atoms. The molecule has 0 amide bonds. The minimum Gasteiger partial charge on any atom is -0.497 e. The van der Waals surface area contributed by atoms with E-state index in [-0.39, 0.29) is 0 Å². The number of imidazole rings is 1. The number of nitrogens with one attached hydrogen (secondary N) is 1. The molecule has 1 atom stereocenters. The Kier molecular flexibility index (Phi) is 4.43. The molecule has 144 valence electrons. The van der Waals surface area contributed by atoms with Crippen LogP contribution in [0.25, 0.3) is 16.7 Å². The van der Waals surface area contributed by atoms with Gasteiger partial charge in [-0.15, -0.1) is 0 Å². The van der Waals surface area contributed by atoms with Crippen molar-refractivity contribution in [3.05, 3.63) is 53.6 Å². The summed E-state index contributed by atoms with van der Waals surface area (Å²) in [6.45, 7) is 1.90. The van der Waals surface area contributed by atoms with Gasteiger partial charge in [0.1, 0.15) is 11.5 Å². The lowest BCUT2D eigenvalue weighted by atomic mass is 9.94. The highest BCUT2D eigenvalue weighted by atomic mass is 16.5. The summed E-state index contributed by atoms with van der Waals surface area (Å²) in [5.74, 6) is 1.53. The molecule has 0 fully saturated rings. The lowest BCUT2D eigenvalue weighted by Crippen LogP contribution is -2.28. The molecule has 0 saturated carbocycles. The summed E-state index contributed by atoms with van der Waals surface area (Å²) < 4.78 is 17.9. The van der Waals surface area contributed by atoms with Gasteiger partial charge in [-0.1, -0.05) is 12.1 Å². The van der Waals surface area contributed by atoms with Crippen LogP contribution in [0.3, 0.4) is 0 Å². The van der Waals surface area contributed by atoms with Crippen LogP contribution in [0.4, 0.5) is 5.95 Å². The van der Waals surface area contributed by atoms with E-state index in [0.29, 0.717) is 23.0 Å². The van der Waals surface area contributed by atoms with Gasteiger partial charge in [0, 0.05) is 17.3 Å². The monoisotopic (exact) mass is 379 g/mol. The van der Waals surface area contributed by atoms with Crippen molar-refractivity contribution >= 4 is 28.6 Å². The number of hydrogen-bond donors (Lipinski definition) is 1. The molecule has 1 aliphatic rings. The maximum absolute atomic E-state index is 12.7. The number of anilines is 1. The zero-order valence-corrected chi connectivity index (χ0v) is 16.1. The van der Waals surface area contributed by atoms with Crippen LogP contribution in [-0.2, 0) is 9.53 Å². The van der Waals surface area contributed by atoms with Crippen molar-refractivity contribution in [3.63, 3.8) is 0 Å². The van der Waals surface area contributed by atoms with Gasteiger partial charge >= 0.3 is 5.97 Å². The zero-order valence-electron chi connectivity index (χ0n) is 16.1. The lowest BCUT2D eigenvalue weighted by Gasteiger charge is -2.30. The van der Waals surface area contributed by atoms with Crippen LogP contribution in [0.5, 0.6) is 11.5 Å². The number of carbonyl (C=O) groups is 1. The number of rotatable bonds is 4. The van der Waals surface area contributed by atoms with Crippen LogP contribution < -0.4 is 14.8 Å². The first kappa shape index (κ1) is 17.9. The van der Waals surface area contributed by atoms with Crippen molar-refractivity contribution in [1.29, 1.82) is 0 Å². The number of carbonyl (C=O) groups excluding carboxylic acids is 1. The van der Waals surface area contributed by atoms with E-state index < -0.39 is 12.0 Å². The van der Waals surface area contributed by atoms with Crippen LogP contribution in [0.1, 0.15) is 18.5 Å². The van der Waals surface area contributed by atoms with Gasteiger partial charge < -0.3 is 19.5 Å². The first-order chi connectivity index (χ1) is 13.6. The molecule has 2 heterocycles. The Morgan fingerprint density at radius 2 is 1.89 bits per heavy atom. The second-order valence-corrected chi connectivity index (χ2v) is 6.44. The van der Waals surface area contributed by atoms with Crippen molar-refractivity contribution in [1.82, 2.24) is 9.55 Å². The standard InChI is InChI=1S/C21H21N3O4/c1-12-18(20(25)28-4)19(14-10-9-13(26-2)11-17(14)27-3)23-21-22-15-7-5-6-8-16(15)24(12)21/h5-11,19H,1-4H3,(H,22,23). The number of hydrogen-bond acceptors (Lipinski definition) is 6.